The average molecular weight is 236 g/mol. The fourth-order valence-corrected chi connectivity index (χ4v) is 2.22. The van der Waals surface area contributed by atoms with Crippen LogP contribution in [-0.4, -0.2) is 37.0 Å². The molecule has 0 aliphatic carbocycles. The zero-order valence-corrected chi connectivity index (χ0v) is 10.2. The predicted octanol–water partition coefficient (Wildman–Crippen LogP) is 1.57. The van der Waals surface area contributed by atoms with Crippen LogP contribution in [0.3, 0.4) is 0 Å². The number of hydrogen-bond acceptors (Lipinski definition) is 2. The Balaban J connectivity index is 2.15. The molecule has 1 aliphatic rings. The zero-order valence-electron chi connectivity index (χ0n) is 10.2. The number of likely N-dealkylation sites (tertiary alicyclic amines) is 1. The first-order chi connectivity index (χ1) is 8.11. The lowest BCUT2D eigenvalue weighted by molar-refractivity contribution is 0.0789. The molecule has 1 heterocycles. The molecule has 0 aromatic heterocycles. The number of nitrogens with zero attached hydrogens (tertiary/aromatic N) is 1. The second kappa shape index (κ2) is 4.84. The van der Waals surface area contributed by atoms with Crippen LogP contribution in [-0.2, 0) is 0 Å². The molecule has 1 aromatic rings. The molecule has 4 heteroatoms. The first-order valence-corrected chi connectivity index (χ1v) is 5.84. The van der Waals surface area contributed by atoms with Crippen molar-refractivity contribution in [3.8, 4) is 0 Å². The molecule has 1 fully saturated rings. The molecule has 0 radical (unpaired) electrons. The van der Waals surface area contributed by atoms with Crippen LogP contribution >= 0.6 is 0 Å². The van der Waals surface area contributed by atoms with Crippen molar-refractivity contribution in [1.29, 1.82) is 0 Å². The highest BCUT2D eigenvalue weighted by molar-refractivity contribution is 5.95. The molecular weight excluding hydrogens is 219 g/mol. The molecule has 1 unspecified atom stereocenters. The van der Waals surface area contributed by atoms with E-state index >= 15 is 0 Å². The second-order valence-corrected chi connectivity index (χ2v) is 4.48. The summed E-state index contributed by atoms with van der Waals surface area (Å²) in [7, 11) is 1.90. The molecule has 1 aromatic carbocycles. The highest BCUT2D eigenvalue weighted by Crippen LogP contribution is 2.17. The fraction of sp³-hybridized carbons (Fsp3) is 0.462. The van der Waals surface area contributed by atoms with Gasteiger partial charge < -0.3 is 10.2 Å². The molecule has 1 atom stereocenters. The first kappa shape index (κ1) is 12.0. The Morgan fingerprint density at radius 2 is 2.29 bits per heavy atom. The van der Waals surface area contributed by atoms with Crippen LogP contribution in [0.1, 0.15) is 22.3 Å². The normalized spacial score (nSPS) is 19.7. The van der Waals surface area contributed by atoms with E-state index < -0.39 is 0 Å². The molecule has 1 aliphatic heterocycles. The van der Waals surface area contributed by atoms with Gasteiger partial charge in [-0.15, -0.1) is 0 Å². The maximum absolute atomic E-state index is 13.0. The van der Waals surface area contributed by atoms with Gasteiger partial charge in [0.2, 0.25) is 0 Å². The van der Waals surface area contributed by atoms with Gasteiger partial charge in [0.15, 0.2) is 0 Å². The van der Waals surface area contributed by atoms with Crippen LogP contribution in [0.2, 0.25) is 0 Å². The Bertz CT molecular complexity index is 433. The number of nitrogens with one attached hydrogen (secondary N) is 1. The molecule has 92 valence electrons. The second-order valence-electron chi connectivity index (χ2n) is 4.48. The number of benzene rings is 1. The van der Waals surface area contributed by atoms with Gasteiger partial charge in [-0.1, -0.05) is 0 Å². The first-order valence-electron chi connectivity index (χ1n) is 5.84. The quantitative estimate of drug-likeness (QED) is 0.845. The molecule has 0 saturated carbocycles. The molecule has 1 N–H and O–H groups in total. The third-order valence-corrected chi connectivity index (χ3v) is 3.30. The minimum absolute atomic E-state index is 0.000231. The lowest BCUT2D eigenvalue weighted by atomic mass is 10.1. The van der Waals surface area contributed by atoms with Crippen molar-refractivity contribution in [1.82, 2.24) is 10.2 Å². The number of aryl methyl sites for hydroxylation is 1. The molecule has 17 heavy (non-hydrogen) atoms. The topological polar surface area (TPSA) is 32.3 Å². The van der Waals surface area contributed by atoms with Gasteiger partial charge >= 0.3 is 0 Å². The van der Waals surface area contributed by atoms with E-state index in [-0.39, 0.29) is 11.7 Å². The monoisotopic (exact) mass is 236 g/mol. The number of halogens is 1. The van der Waals surface area contributed by atoms with Crippen LogP contribution in [0.15, 0.2) is 18.2 Å². The van der Waals surface area contributed by atoms with Gasteiger partial charge in [0, 0.05) is 24.7 Å². The summed E-state index contributed by atoms with van der Waals surface area (Å²) in [5.74, 6) is -0.297. The standard InChI is InChI=1S/C13H17FN2O/c1-9-7-10(14)3-4-12(9)13(17)16-6-5-11(8-16)15-2/h3-4,7,11,15H,5-6,8H2,1-2H3. The number of rotatable bonds is 2. The Morgan fingerprint density at radius 1 is 1.53 bits per heavy atom. The van der Waals surface area contributed by atoms with Crippen molar-refractivity contribution in [3.05, 3.63) is 35.1 Å². The number of likely N-dealkylation sites (N-methyl/N-ethyl adjacent to an activating group) is 1. The molecule has 1 amide bonds. The third kappa shape index (κ3) is 2.47. The number of carbonyl (C=O) groups is 1. The van der Waals surface area contributed by atoms with Gasteiger partial charge in [-0.05, 0) is 44.2 Å². The summed E-state index contributed by atoms with van der Waals surface area (Å²) in [6.45, 7) is 3.26. The van der Waals surface area contributed by atoms with Crippen molar-refractivity contribution in [2.75, 3.05) is 20.1 Å². The highest BCUT2D eigenvalue weighted by Gasteiger charge is 2.26. The Kier molecular flexibility index (Phi) is 3.43. The van der Waals surface area contributed by atoms with Crippen molar-refractivity contribution in [3.63, 3.8) is 0 Å². The van der Waals surface area contributed by atoms with Crippen molar-refractivity contribution < 1.29 is 9.18 Å². The van der Waals surface area contributed by atoms with Crippen molar-refractivity contribution in [2.45, 2.75) is 19.4 Å². The molecule has 0 bridgehead atoms. The van der Waals surface area contributed by atoms with Crippen LogP contribution < -0.4 is 5.32 Å². The van der Waals surface area contributed by atoms with E-state index in [0.717, 1.165) is 19.5 Å². The Morgan fingerprint density at radius 3 is 2.88 bits per heavy atom. The van der Waals surface area contributed by atoms with E-state index in [2.05, 4.69) is 5.32 Å². The summed E-state index contributed by atoms with van der Waals surface area (Å²) < 4.78 is 13.0. The summed E-state index contributed by atoms with van der Waals surface area (Å²) in [4.78, 5) is 14.0. The Labute approximate surface area is 101 Å². The largest absolute Gasteiger partial charge is 0.337 e. The van der Waals surface area contributed by atoms with E-state index in [1.165, 1.54) is 12.1 Å². The molecule has 1 saturated heterocycles. The van der Waals surface area contributed by atoms with Crippen LogP contribution in [0.4, 0.5) is 4.39 Å². The molecule has 2 rings (SSSR count). The summed E-state index contributed by atoms with van der Waals surface area (Å²) >= 11 is 0. The van der Waals surface area contributed by atoms with Crippen molar-refractivity contribution in [2.24, 2.45) is 0 Å². The summed E-state index contributed by atoms with van der Waals surface area (Å²) in [6.07, 6.45) is 0.975. The van der Waals surface area contributed by atoms with Gasteiger partial charge in [0.25, 0.3) is 5.91 Å². The van der Waals surface area contributed by atoms with E-state index in [1.807, 2.05) is 11.9 Å². The van der Waals surface area contributed by atoms with Gasteiger partial charge in [-0.3, -0.25) is 4.79 Å². The maximum atomic E-state index is 13.0. The minimum Gasteiger partial charge on any atom is -0.337 e. The van der Waals surface area contributed by atoms with E-state index in [9.17, 15) is 9.18 Å². The molecular formula is C13H17FN2O. The maximum Gasteiger partial charge on any atom is 0.254 e. The number of carbonyl (C=O) groups excluding carboxylic acids is 1. The number of amides is 1. The smallest absolute Gasteiger partial charge is 0.254 e. The Hall–Kier alpha value is -1.42. The average Bonchev–Trinajstić information content (AvgIpc) is 2.76. The lowest BCUT2D eigenvalue weighted by Crippen LogP contribution is -2.33. The SMILES string of the molecule is CNC1CCN(C(=O)c2ccc(F)cc2C)C1. The van der Waals surface area contributed by atoms with E-state index in [1.54, 1.807) is 13.0 Å². The third-order valence-electron chi connectivity index (χ3n) is 3.30. The number of hydrogen-bond donors (Lipinski definition) is 1. The van der Waals surface area contributed by atoms with Crippen LogP contribution in [0.25, 0.3) is 0 Å². The van der Waals surface area contributed by atoms with Gasteiger partial charge in [0.1, 0.15) is 5.82 Å². The summed E-state index contributed by atoms with van der Waals surface area (Å²) in [5.41, 5.74) is 1.30. The van der Waals surface area contributed by atoms with Gasteiger partial charge in [0.05, 0.1) is 0 Å². The molecule has 0 spiro atoms. The highest BCUT2D eigenvalue weighted by atomic mass is 19.1. The minimum atomic E-state index is -0.298. The van der Waals surface area contributed by atoms with Crippen LogP contribution in [0.5, 0.6) is 0 Å². The molecule has 3 nitrogen and oxygen atoms in total. The lowest BCUT2D eigenvalue weighted by Gasteiger charge is -2.17. The van der Waals surface area contributed by atoms with Crippen LogP contribution in [0, 0.1) is 12.7 Å². The summed E-state index contributed by atoms with van der Waals surface area (Å²) in [5, 5.41) is 3.17. The van der Waals surface area contributed by atoms with E-state index in [4.69, 9.17) is 0 Å². The summed E-state index contributed by atoms with van der Waals surface area (Å²) in [6, 6.07) is 4.68. The fourth-order valence-electron chi connectivity index (χ4n) is 2.22. The van der Waals surface area contributed by atoms with Gasteiger partial charge in [-0.2, -0.15) is 0 Å². The van der Waals surface area contributed by atoms with Crippen molar-refractivity contribution >= 4 is 5.91 Å². The zero-order chi connectivity index (χ0) is 12.4. The predicted molar refractivity (Wildman–Crippen MR) is 64.5 cm³/mol. The van der Waals surface area contributed by atoms with Gasteiger partial charge in [-0.25, -0.2) is 4.39 Å². The van der Waals surface area contributed by atoms with E-state index in [0.29, 0.717) is 17.2 Å².